The zero-order chi connectivity index (χ0) is 13.0. The first kappa shape index (κ1) is 12.6. The van der Waals surface area contributed by atoms with Gasteiger partial charge in [0.15, 0.2) is 0 Å². The molecule has 1 aromatic heterocycles. The summed E-state index contributed by atoms with van der Waals surface area (Å²) in [4.78, 5) is 19.0. The topological polar surface area (TPSA) is 33.2 Å². The Morgan fingerprint density at radius 1 is 1.22 bits per heavy atom. The average molecular weight is 258 g/mol. The van der Waals surface area contributed by atoms with Gasteiger partial charge in [-0.25, -0.2) is 0 Å². The molecule has 0 aliphatic heterocycles. The van der Waals surface area contributed by atoms with Gasteiger partial charge >= 0.3 is 0 Å². The van der Waals surface area contributed by atoms with Crippen LogP contribution in [0.1, 0.15) is 10.4 Å². The molecule has 1 heterocycles. The van der Waals surface area contributed by atoms with Gasteiger partial charge in [0, 0.05) is 23.7 Å². The average Bonchev–Trinajstić information content (AvgIpc) is 2.47. The van der Waals surface area contributed by atoms with Crippen molar-refractivity contribution in [1.82, 2.24) is 4.98 Å². The number of benzene rings is 1. The van der Waals surface area contributed by atoms with Crippen LogP contribution >= 0.6 is 11.8 Å². The number of amides is 1. The number of carbonyl (C=O) groups excluding carboxylic acids is 1. The standard InChI is InChI=1S/C14H14N2OS/c1-16(12-4-3-9-15-10-12)14(17)11-5-7-13(18-2)8-6-11/h3-10H,1-2H3. The van der Waals surface area contributed by atoms with E-state index >= 15 is 0 Å². The van der Waals surface area contributed by atoms with Crippen molar-refractivity contribution in [2.24, 2.45) is 0 Å². The summed E-state index contributed by atoms with van der Waals surface area (Å²) in [5.41, 5.74) is 1.47. The predicted octanol–water partition coefficient (Wildman–Crippen LogP) is 3.08. The molecule has 0 radical (unpaired) electrons. The second kappa shape index (κ2) is 5.69. The van der Waals surface area contributed by atoms with E-state index in [0.717, 1.165) is 10.6 Å². The summed E-state index contributed by atoms with van der Waals surface area (Å²) in [5, 5.41) is 0. The maximum absolute atomic E-state index is 12.2. The maximum Gasteiger partial charge on any atom is 0.258 e. The van der Waals surface area contributed by atoms with Gasteiger partial charge in [-0.15, -0.1) is 11.8 Å². The SMILES string of the molecule is CSc1ccc(C(=O)N(C)c2cccnc2)cc1. The van der Waals surface area contributed by atoms with E-state index in [1.54, 1.807) is 36.1 Å². The van der Waals surface area contributed by atoms with E-state index in [0.29, 0.717) is 5.56 Å². The fraction of sp³-hybridized carbons (Fsp3) is 0.143. The summed E-state index contributed by atoms with van der Waals surface area (Å²) in [6.07, 6.45) is 5.38. The van der Waals surface area contributed by atoms with Crippen molar-refractivity contribution in [2.75, 3.05) is 18.2 Å². The largest absolute Gasteiger partial charge is 0.310 e. The number of nitrogens with zero attached hydrogens (tertiary/aromatic N) is 2. The molecule has 3 nitrogen and oxygen atoms in total. The molecule has 0 saturated carbocycles. The van der Waals surface area contributed by atoms with E-state index < -0.39 is 0 Å². The Kier molecular flexibility index (Phi) is 3.99. The number of hydrogen-bond donors (Lipinski definition) is 0. The smallest absolute Gasteiger partial charge is 0.258 e. The van der Waals surface area contributed by atoms with Crippen LogP contribution in [0.3, 0.4) is 0 Å². The summed E-state index contributed by atoms with van der Waals surface area (Å²) in [7, 11) is 1.75. The Hall–Kier alpha value is -1.81. The molecule has 1 amide bonds. The second-order valence-electron chi connectivity index (χ2n) is 3.80. The van der Waals surface area contributed by atoms with Crippen molar-refractivity contribution >= 4 is 23.4 Å². The molecule has 0 aliphatic rings. The van der Waals surface area contributed by atoms with Gasteiger partial charge < -0.3 is 4.90 Å². The van der Waals surface area contributed by atoms with Crippen LogP contribution in [0.25, 0.3) is 0 Å². The maximum atomic E-state index is 12.2. The zero-order valence-electron chi connectivity index (χ0n) is 10.3. The third-order valence-corrected chi connectivity index (χ3v) is 3.42. The van der Waals surface area contributed by atoms with Crippen LogP contribution < -0.4 is 4.90 Å². The van der Waals surface area contributed by atoms with Gasteiger partial charge in [0.1, 0.15) is 0 Å². The van der Waals surface area contributed by atoms with Gasteiger partial charge in [0.2, 0.25) is 0 Å². The van der Waals surface area contributed by atoms with E-state index in [4.69, 9.17) is 0 Å². The Morgan fingerprint density at radius 3 is 2.50 bits per heavy atom. The van der Waals surface area contributed by atoms with Gasteiger partial charge in [-0.2, -0.15) is 0 Å². The number of rotatable bonds is 3. The molecule has 0 spiro atoms. The lowest BCUT2D eigenvalue weighted by molar-refractivity contribution is 0.0993. The van der Waals surface area contributed by atoms with Gasteiger partial charge in [-0.3, -0.25) is 9.78 Å². The first-order valence-electron chi connectivity index (χ1n) is 5.54. The Labute approximate surface area is 111 Å². The predicted molar refractivity (Wildman–Crippen MR) is 75.2 cm³/mol. The molecule has 0 fully saturated rings. The quantitative estimate of drug-likeness (QED) is 0.793. The molecule has 18 heavy (non-hydrogen) atoms. The third-order valence-electron chi connectivity index (χ3n) is 2.67. The fourth-order valence-corrected chi connectivity index (χ4v) is 2.00. The molecule has 0 N–H and O–H groups in total. The molecule has 0 atom stereocenters. The Morgan fingerprint density at radius 2 is 1.94 bits per heavy atom. The highest BCUT2D eigenvalue weighted by Gasteiger charge is 2.13. The van der Waals surface area contributed by atoms with Crippen LogP contribution in [0.4, 0.5) is 5.69 Å². The van der Waals surface area contributed by atoms with Gasteiger partial charge in [0.05, 0.1) is 11.9 Å². The number of hydrogen-bond acceptors (Lipinski definition) is 3. The van der Waals surface area contributed by atoms with E-state index in [2.05, 4.69) is 4.98 Å². The molecule has 0 aliphatic carbocycles. The molecule has 0 unspecified atom stereocenters. The lowest BCUT2D eigenvalue weighted by Crippen LogP contribution is -2.26. The number of anilines is 1. The number of carbonyl (C=O) groups is 1. The summed E-state index contributed by atoms with van der Waals surface area (Å²) >= 11 is 1.66. The van der Waals surface area contributed by atoms with E-state index in [1.807, 2.05) is 42.7 Å². The summed E-state index contributed by atoms with van der Waals surface area (Å²) in [5.74, 6) is -0.0318. The van der Waals surface area contributed by atoms with E-state index in [1.165, 1.54) is 0 Å². The number of thioether (sulfide) groups is 1. The highest BCUT2D eigenvalue weighted by Crippen LogP contribution is 2.17. The minimum absolute atomic E-state index is 0.0318. The summed E-state index contributed by atoms with van der Waals surface area (Å²) in [6.45, 7) is 0. The second-order valence-corrected chi connectivity index (χ2v) is 4.68. The van der Waals surface area contributed by atoms with E-state index in [9.17, 15) is 4.79 Å². The first-order valence-corrected chi connectivity index (χ1v) is 6.77. The molecule has 2 rings (SSSR count). The Bertz CT molecular complexity index is 525. The van der Waals surface area contributed by atoms with Gasteiger partial charge in [0.25, 0.3) is 5.91 Å². The Balaban J connectivity index is 2.20. The van der Waals surface area contributed by atoms with E-state index in [-0.39, 0.29) is 5.91 Å². The lowest BCUT2D eigenvalue weighted by Gasteiger charge is -2.16. The van der Waals surface area contributed by atoms with Crippen molar-refractivity contribution in [3.8, 4) is 0 Å². The van der Waals surface area contributed by atoms with Crippen molar-refractivity contribution in [3.63, 3.8) is 0 Å². The van der Waals surface area contributed by atoms with Crippen LogP contribution in [-0.4, -0.2) is 24.2 Å². The molecule has 2 aromatic rings. The van der Waals surface area contributed by atoms with Crippen LogP contribution in [0.2, 0.25) is 0 Å². The third kappa shape index (κ3) is 2.71. The molecule has 1 aromatic carbocycles. The molecule has 4 heteroatoms. The van der Waals surface area contributed by atoms with Gasteiger partial charge in [-0.1, -0.05) is 0 Å². The van der Waals surface area contributed by atoms with Crippen LogP contribution in [0, 0.1) is 0 Å². The van der Waals surface area contributed by atoms with Crippen LogP contribution in [-0.2, 0) is 0 Å². The molecule has 0 bridgehead atoms. The highest BCUT2D eigenvalue weighted by atomic mass is 32.2. The molecular weight excluding hydrogens is 244 g/mol. The molecule has 0 saturated heterocycles. The fourth-order valence-electron chi connectivity index (χ4n) is 1.60. The zero-order valence-corrected chi connectivity index (χ0v) is 11.1. The number of aromatic nitrogens is 1. The van der Waals surface area contributed by atoms with Crippen molar-refractivity contribution in [1.29, 1.82) is 0 Å². The minimum atomic E-state index is -0.0318. The van der Waals surface area contributed by atoms with Crippen molar-refractivity contribution in [3.05, 3.63) is 54.4 Å². The van der Waals surface area contributed by atoms with Crippen LogP contribution in [0.15, 0.2) is 53.7 Å². The number of pyridine rings is 1. The van der Waals surface area contributed by atoms with Crippen molar-refractivity contribution in [2.45, 2.75) is 4.90 Å². The molecular formula is C14H14N2OS. The normalized spacial score (nSPS) is 10.1. The monoisotopic (exact) mass is 258 g/mol. The minimum Gasteiger partial charge on any atom is -0.310 e. The molecule has 92 valence electrons. The van der Waals surface area contributed by atoms with Crippen molar-refractivity contribution < 1.29 is 4.79 Å². The summed E-state index contributed by atoms with van der Waals surface area (Å²) in [6, 6.07) is 11.3. The lowest BCUT2D eigenvalue weighted by atomic mass is 10.2. The summed E-state index contributed by atoms with van der Waals surface area (Å²) < 4.78 is 0. The van der Waals surface area contributed by atoms with Gasteiger partial charge in [-0.05, 0) is 42.7 Å². The van der Waals surface area contributed by atoms with Crippen LogP contribution in [0.5, 0.6) is 0 Å². The first-order chi connectivity index (χ1) is 8.72. The highest BCUT2D eigenvalue weighted by molar-refractivity contribution is 7.98.